The number of rotatable bonds is 2. The van der Waals surface area contributed by atoms with Gasteiger partial charge in [0.2, 0.25) is 0 Å². The standard InChI is InChI=1S/C8H7ClN2OS/c9-6-1-2-13-7(6)8-10-3-5(4-12)11-8/h1-3,12H,4H2,(H,10,11). The summed E-state index contributed by atoms with van der Waals surface area (Å²) in [6.07, 6.45) is 1.60. The van der Waals surface area contributed by atoms with Crippen LogP contribution in [-0.2, 0) is 6.61 Å². The van der Waals surface area contributed by atoms with Crippen LogP contribution < -0.4 is 0 Å². The van der Waals surface area contributed by atoms with Gasteiger partial charge in [-0.15, -0.1) is 11.3 Å². The first-order valence-corrected chi connectivity index (χ1v) is 4.95. The Morgan fingerprint density at radius 1 is 1.62 bits per heavy atom. The molecule has 13 heavy (non-hydrogen) atoms. The lowest BCUT2D eigenvalue weighted by Crippen LogP contribution is -1.81. The average Bonchev–Trinajstić information content (AvgIpc) is 2.71. The predicted molar refractivity (Wildman–Crippen MR) is 52.8 cm³/mol. The van der Waals surface area contributed by atoms with E-state index in [1.54, 1.807) is 6.20 Å². The first-order valence-electron chi connectivity index (χ1n) is 3.69. The molecule has 2 heterocycles. The maximum atomic E-state index is 8.82. The molecular weight excluding hydrogens is 208 g/mol. The first-order chi connectivity index (χ1) is 6.31. The van der Waals surface area contributed by atoms with E-state index < -0.39 is 0 Å². The molecule has 0 saturated carbocycles. The van der Waals surface area contributed by atoms with Crippen LogP contribution in [0.1, 0.15) is 5.69 Å². The summed E-state index contributed by atoms with van der Waals surface area (Å²) in [5, 5.41) is 11.4. The third-order valence-electron chi connectivity index (χ3n) is 1.63. The van der Waals surface area contributed by atoms with E-state index in [2.05, 4.69) is 9.97 Å². The number of aliphatic hydroxyl groups is 1. The second-order valence-corrected chi connectivity index (χ2v) is 3.84. The minimum Gasteiger partial charge on any atom is -0.390 e. The number of hydrogen-bond acceptors (Lipinski definition) is 3. The van der Waals surface area contributed by atoms with Crippen molar-refractivity contribution in [3.05, 3.63) is 28.4 Å². The van der Waals surface area contributed by atoms with Gasteiger partial charge in [-0.3, -0.25) is 0 Å². The molecule has 0 atom stereocenters. The Balaban J connectivity index is 2.41. The van der Waals surface area contributed by atoms with Crippen LogP contribution in [0.5, 0.6) is 0 Å². The van der Waals surface area contributed by atoms with E-state index in [0.717, 1.165) is 4.88 Å². The quantitative estimate of drug-likeness (QED) is 0.806. The summed E-state index contributed by atoms with van der Waals surface area (Å²) in [5.41, 5.74) is 0.694. The van der Waals surface area contributed by atoms with Crippen molar-refractivity contribution in [2.24, 2.45) is 0 Å². The summed E-state index contributed by atoms with van der Waals surface area (Å²) in [6.45, 7) is -0.0318. The summed E-state index contributed by atoms with van der Waals surface area (Å²) < 4.78 is 0. The lowest BCUT2D eigenvalue weighted by molar-refractivity contribution is 0.277. The summed E-state index contributed by atoms with van der Waals surface area (Å²) in [5.74, 6) is 0.712. The van der Waals surface area contributed by atoms with Crippen LogP contribution in [0.4, 0.5) is 0 Å². The molecule has 0 bridgehead atoms. The Labute approximate surface area is 84.0 Å². The number of imidazole rings is 1. The molecule has 0 radical (unpaired) electrons. The molecule has 0 fully saturated rings. The van der Waals surface area contributed by atoms with Crippen molar-refractivity contribution < 1.29 is 5.11 Å². The molecule has 0 aliphatic carbocycles. The van der Waals surface area contributed by atoms with Crippen LogP contribution in [0, 0.1) is 0 Å². The average molecular weight is 215 g/mol. The van der Waals surface area contributed by atoms with Crippen LogP contribution in [0.3, 0.4) is 0 Å². The fourth-order valence-corrected chi connectivity index (χ4v) is 2.11. The third kappa shape index (κ3) is 1.60. The topological polar surface area (TPSA) is 48.9 Å². The molecule has 0 aliphatic rings. The second-order valence-electron chi connectivity index (χ2n) is 2.51. The largest absolute Gasteiger partial charge is 0.390 e. The Morgan fingerprint density at radius 2 is 2.46 bits per heavy atom. The second kappa shape index (κ2) is 3.49. The minimum atomic E-state index is -0.0318. The number of aromatic nitrogens is 2. The van der Waals surface area contributed by atoms with Gasteiger partial charge in [0.1, 0.15) is 5.82 Å². The van der Waals surface area contributed by atoms with Crippen molar-refractivity contribution in [1.29, 1.82) is 0 Å². The monoisotopic (exact) mass is 214 g/mol. The van der Waals surface area contributed by atoms with Gasteiger partial charge < -0.3 is 10.1 Å². The van der Waals surface area contributed by atoms with Gasteiger partial charge in [0.25, 0.3) is 0 Å². The van der Waals surface area contributed by atoms with Crippen molar-refractivity contribution in [2.75, 3.05) is 0 Å². The fourth-order valence-electron chi connectivity index (χ4n) is 1.02. The number of nitrogens with zero attached hydrogens (tertiary/aromatic N) is 1. The van der Waals surface area contributed by atoms with Crippen molar-refractivity contribution in [3.63, 3.8) is 0 Å². The van der Waals surface area contributed by atoms with E-state index in [9.17, 15) is 0 Å². The Bertz CT molecular complexity index is 410. The molecule has 2 aromatic heterocycles. The van der Waals surface area contributed by atoms with Gasteiger partial charge in [-0.25, -0.2) is 4.98 Å². The van der Waals surface area contributed by atoms with Crippen LogP contribution >= 0.6 is 22.9 Å². The van der Waals surface area contributed by atoms with Gasteiger partial charge in [0.15, 0.2) is 0 Å². The molecule has 3 nitrogen and oxygen atoms in total. The smallest absolute Gasteiger partial charge is 0.149 e. The predicted octanol–water partition coefficient (Wildman–Crippen LogP) is 2.28. The zero-order valence-corrected chi connectivity index (χ0v) is 8.19. The minimum absolute atomic E-state index is 0.0318. The highest BCUT2D eigenvalue weighted by Crippen LogP contribution is 2.30. The zero-order chi connectivity index (χ0) is 9.26. The van der Waals surface area contributed by atoms with Crippen molar-refractivity contribution in [2.45, 2.75) is 6.61 Å². The molecule has 68 valence electrons. The van der Waals surface area contributed by atoms with Gasteiger partial charge in [-0.2, -0.15) is 0 Å². The molecule has 0 aromatic carbocycles. The molecule has 2 aromatic rings. The van der Waals surface area contributed by atoms with Crippen molar-refractivity contribution in [3.8, 4) is 10.7 Å². The van der Waals surface area contributed by atoms with E-state index in [0.29, 0.717) is 16.5 Å². The van der Waals surface area contributed by atoms with Gasteiger partial charge in [-0.1, -0.05) is 11.6 Å². The lowest BCUT2D eigenvalue weighted by atomic mass is 10.4. The van der Waals surface area contributed by atoms with Gasteiger partial charge in [-0.05, 0) is 11.4 Å². The molecular formula is C8H7ClN2OS. The number of aromatic amines is 1. The highest BCUT2D eigenvalue weighted by Gasteiger charge is 2.08. The van der Waals surface area contributed by atoms with Gasteiger partial charge in [0, 0.05) is 0 Å². The van der Waals surface area contributed by atoms with Gasteiger partial charge >= 0.3 is 0 Å². The highest BCUT2D eigenvalue weighted by atomic mass is 35.5. The van der Waals surface area contributed by atoms with Crippen molar-refractivity contribution in [1.82, 2.24) is 9.97 Å². The summed E-state index contributed by atoms with van der Waals surface area (Å²) in [6, 6.07) is 1.82. The van der Waals surface area contributed by atoms with Crippen LogP contribution in [0.25, 0.3) is 10.7 Å². The SMILES string of the molecule is OCc1cnc(-c2sccc2Cl)[nH]1. The number of H-pyrrole nitrogens is 1. The van der Waals surface area contributed by atoms with Crippen LogP contribution in [0.15, 0.2) is 17.6 Å². The Kier molecular flexibility index (Phi) is 2.35. The highest BCUT2D eigenvalue weighted by molar-refractivity contribution is 7.14. The molecule has 0 saturated heterocycles. The maximum Gasteiger partial charge on any atom is 0.149 e. The molecule has 2 rings (SSSR count). The van der Waals surface area contributed by atoms with Crippen LogP contribution in [-0.4, -0.2) is 15.1 Å². The lowest BCUT2D eigenvalue weighted by Gasteiger charge is -1.91. The third-order valence-corrected chi connectivity index (χ3v) is 2.98. The molecule has 2 N–H and O–H groups in total. The summed E-state index contributed by atoms with van der Waals surface area (Å²) >= 11 is 7.43. The molecule has 5 heteroatoms. The number of aliphatic hydroxyl groups excluding tert-OH is 1. The van der Waals surface area contributed by atoms with E-state index in [1.807, 2.05) is 11.4 Å². The van der Waals surface area contributed by atoms with Crippen LogP contribution in [0.2, 0.25) is 5.02 Å². The van der Waals surface area contributed by atoms with Crippen molar-refractivity contribution >= 4 is 22.9 Å². The van der Waals surface area contributed by atoms with Gasteiger partial charge in [0.05, 0.1) is 28.4 Å². The number of halogens is 1. The zero-order valence-electron chi connectivity index (χ0n) is 6.62. The Hall–Kier alpha value is -0.840. The molecule has 0 aliphatic heterocycles. The van der Waals surface area contributed by atoms with E-state index >= 15 is 0 Å². The van der Waals surface area contributed by atoms with E-state index in [4.69, 9.17) is 16.7 Å². The molecule has 0 spiro atoms. The number of nitrogens with one attached hydrogen (secondary N) is 1. The number of hydrogen-bond donors (Lipinski definition) is 2. The fraction of sp³-hybridized carbons (Fsp3) is 0.125. The molecule has 0 amide bonds. The van der Waals surface area contributed by atoms with E-state index in [1.165, 1.54) is 11.3 Å². The summed E-state index contributed by atoms with van der Waals surface area (Å²) in [4.78, 5) is 7.98. The maximum absolute atomic E-state index is 8.82. The first kappa shape index (κ1) is 8.74. The normalized spacial score (nSPS) is 10.6. The molecule has 0 unspecified atom stereocenters. The summed E-state index contributed by atoms with van der Waals surface area (Å²) in [7, 11) is 0. The number of thiophene rings is 1. The van der Waals surface area contributed by atoms with E-state index in [-0.39, 0.29) is 6.61 Å². The Morgan fingerprint density at radius 3 is 3.00 bits per heavy atom.